The third-order valence-electron chi connectivity index (χ3n) is 4.96. The lowest BCUT2D eigenvalue weighted by Crippen LogP contribution is -2.46. The lowest BCUT2D eigenvalue weighted by Gasteiger charge is -2.40. The summed E-state index contributed by atoms with van der Waals surface area (Å²) in [4.78, 5) is 12.2. The Morgan fingerprint density at radius 3 is 2.00 bits per heavy atom. The van der Waals surface area contributed by atoms with Crippen LogP contribution < -0.4 is 0 Å². The molecule has 0 aliphatic carbocycles. The van der Waals surface area contributed by atoms with Crippen molar-refractivity contribution in [1.82, 2.24) is 0 Å². The molecule has 0 unspecified atom stereocenters. The number of benzene rings is 1. The highest BCUT2D eigenvalue weighted by Crippen LogP contribution is 2.42. The standard InChI is InChI=1S/C23H36O5S/c1-21(2,3)17-11-16(12-18(20(17)26)22(4,5)6)29-13-15-9-14(10-19(24)25)27-23(7,8)28-15/h11-12,14-15,26H,9-10,13H2,1-8H3,(H,24,25)/t14-,15+/m1/s1. The van der Waals surface area contributed by atoms with Crippen molar-refractivity contribution in [2.45, 2.75) is 102 Å². The lowest BCUT2D eigenvalue weighted by atomic mass is 9.79. The predicted molar refractivity (Wildman–Crippen MR) is 117 cm³/mol. The van der Waals surface area contributed by atoms with E-state index in [0.717, 1.165) is 16.0 Å². The summed E-state index contributed by atoms with van der Waals surface area (Å²) in [7, 11) is 0. The third-order valence-corrected chi connectivity index (χ3v) is 6.07. The monoisotopic (exact) mass is 424 g/mol. The van der Waals surface area contributed by atoms with Crippen molar-refractivity contribution in [2.75, 3.05) is 5.75 Å². The van der Waals surface area contributed by atoms with E-state index in [-0.39, 0.29) is 29.5 Å². The van der Waals surface area contributed by atoms with E-state index in [4.69, 9.17) is 14.6 Å². The molecule has 1 aromatic rings. The van der Waals surface area contributed by atoms with Crippen LogP contribution in [0.3, 0.4) is 0 Å². The number of phenolic OH excluding ortho intramolecular Hbond substituents is 1. The number of carbonyl (C=O) groups is 1. The molecule has 6 heteroatoms. The number of aromatic hydroxyl groups is 1. The van der Waals surface area contributed by atoms with Crippen molar-refractivity contribution in [1.29, 1.82) is 0 Å². The maximum absolute atomic E-state index is 11.1. The Morgan fingerprint density at radius 1 is 1.07 bits per heavy atom. The normalized spacial score (nSPS) is 22.5. The van der Waals surface area contributed by atoms with Crippen LogP contribution in [0.5, 0.6) is 5.75 Å². The summed E-state index contributed by atoms with van der Waals surface area (Å²) < 4.78 is 11.8. The largest absolute Gasteiger partial charge is 0.507 e. The van der Waals surface area contributed by atoms with E-state index in [2.05, 4.69) is 53.7 Å². The molecule has 1 aliphatic rings. The minimum atomic E-state index is -0.859. The molecule has 0 radical (unpaired) electrons. The van der Waals surface area contributed by atoms with Gasteiger partial charge in [0, 0.05) is 28.2 Å². The summed E-state index contributed by atoms with van der Waals surface area (Å²) >= 11 is 1.68. The van der Waals surface area contributed by atoms with Crippen LogP contribution >= 0.6 is 11.8 Å². The lowest BCUT2D eigenvalue weighted by molar-refractivity contribution is -0.295. The molecule has 0 amide bonds. The molecule has 0 aromatic heterocycles. The number of carboxylic acids is 1. The van der Waals surface area contributed by atoms with Crippen LogP contribution in [0, 0.1) is 0 Å². The number of ether oxygens (including phenoxy) is 2. The molecule has 1 aliphatic heterocycles. The summed E-state index contributed by atoms with van der Waals surface area (Å²) in [6.45, 7) is 16.3. The van der Waals surface area contributed by atoms with Crippen molar-refractivity contribution >= 4 is 17.7 Å². The van der Waals surface area contributed by atoms with E-state index in [0.29, 0.717) is 17.9 Å². The number of phenols is 1. The van der Waals surface area contributed by atoms with Gasteiger partial charge < -0.3 is 19.7 Å². The molecule has 0 saturated carbocycles. The minimum absolute atomic E-state index is 0.0183. The van der Waals surface area contributed by atoms with Gasteiger partial charge in [-0.3, -0.25) is 4.79 Å². The van der Waals surface area contributed by atoms with Crippen molar-refractivity contribution in [3.05, 3.63) is 23.3 Å². The first-order chi connectivity index (χ1) is 13.1. The zero-order valence-corrected chi connectivity index (χ0v) is 19.8. The van der Waals surface area contributed by atoms with Gasteiger partial charge in [0.2, 0.25) is 0 Å². The zero-order chi connectivity index (χ0) is 22.2. The topological polar surface area (TPSA) is 76.0 Å². The number of hydrogen-bond acceptors (Lipinski definition) is 5. The van der Waals surface area contributed by atoms with Gasteiger partial charge in [0.1, 0.15) is 5.75 Å². The second kappa shape index (κ2) is 8.48. The average Bonchev–Trinajstić information content (AvgIpc) is 2.49. The van der Waals surface area contributed by atoms with E-state index in [9.17, 15) is 9.90 Å². The van der Waals surface area contributed by atoms with Crippen molar-refractivity contribution in [3.63, 3.8) is 0 Å². The Hall–Kier alpha value is -1.24. The molecule has 0 bridgehead atoms. The first-order valence-electron chi connectivity index (χ1n) is 10.2. The van der Waals surface area contributed by atoms with Crippen LogP contribution in [-0.2, 0) is 25.1 Å². The molecule has 1 heterocycles. The van der Waals surface area contributed by atoms with Gasteiger partial charge >= 0.3 is 5.97 Å². The summed E-state index contributed by atoms with van der Waals surface area (Å²) in [6, 6.07) is 4.13. The van der Waals surface area contributed by atoms with Crippen molar-refractivity contribution < 1.29 is 24.5 Å². The van der Waals surface area contributed by atoms with E-state index < -0.39 is 11.8 Å². The first kappa shape index (κ1) is 24.0. The predicted octanol–water partition coefficient (Wildman–Crippen LogP) is 5.46. The van der Waals surface area contributed by atoms with Gasteiger partial charge in [0.25, 0.3) is 0 Å². The molecule has 1 fully saturated rings. The van der Waals surface area contributed by atoms with Gasteiger partial charge in [-0.25, -0.2) is 0 Å². The molecule has 2 atom stereocenters. The molecule has 164 valence electrons. The fourth-order valence-corrected chi connectivity index (χ4v) is 4.65. The average molecular weight is 425 g/mol. The van der Waals surface area contributed by atoms with Crippen LogP contribution in [0.2, 0.25) is 0 Å². The minimum Gasteiger partial charge on any atom is -0.507 e. The van der Waals surface area contributed by atoms with E-state index in [1.807, 2.05) is 13.8 Å². The number of hydrogen-bond donors (Lipinski definition) is 2. The van der Waals surface area contributed by atoms with Crippen LogP contribution in [0.25, 0.3) is 0 Å². The van der Waals surface area contributed by atoms with Crippen molar-refractivity contribution in [3.8, 4) is 5.75 Å². The van der Waals surface area contributed by atoms with Crippen LogP contribution in [0.15, 0.2) is 17.0 Å². The number of thioether (sulfide) groups is 1. The zero-order valence-electron chi connectivity index (χ0n) is 19.0. The quantitative estimate of drug-likeness (QED) is 0.611. The highest BCUT2D eigenvalue weighted by Gasteiger charge is 2.36. The smallest absolute Gasteiger partial charge is 0.305 e. The van der Waals surface area contributed by atoms with E-state index >= 15 is 0 Å². The van der Waals surface area contributed by atoms with Gasteiger partial charge in [-0.15, -0.1) is 11.8 Å². The molecule has 1 saturated heterocycles. The number of aliphatic carboxylic acids is 1. The van der Waals surface area contributed by atoms with Gasteiger partial charge in [0.15, 0.2) is 5.79 Å². The second-order valence-corrected chi connectivity index (χ2v) is 11.5. The SMILES string of the molecule is CC1(C)O[C@H](CSc2cc(C(C)(C)C)c(O)c(C(C)(C)C)c2)C[C@H](CC(=O)O)O1. The molecule has 0 spiro atoms. The highest BCUT2D eigenvalue weighted by atomic mass is 32.2. The van der Waals surface area contributed by atoms with Gasteiger partial charge in [0.05, 0.1) is 18.6 Å². The van der Waals surface area contributed by atoms with E-state index in [1.165, 1.54) is 0 Å². The maximum atomic E-state index is 11.1. The Balaban J connectivity index is 2.24. The van der Waals surface area contributed by atoms with Crippen LogP contribution in [0.4, 0.5) is 0 Å². The summed E-state index contributed by atoms with van der Waals surface area (Å²) in [5.74, 6) is -0.589. The Labute approximate surface area is 179 Å². The van der Waals surface area contributed by atoms with Crippen LogP contribution in [-0.4, -0.2) is 39.9 Å². The molecule has 1 aromatic carbocycles. The Morgan fingerprint density at radius 2 is 1.55 bits per heavy atom. The first-order valence-corrected chi connectivity index (χ1v) is 11.2. The van der Waals surface area contributed by atoms with Crippen molar-refractivity contribution in [2.24, 2.45) is 0 Å². The second-order valence-electron chi connectivity index (χ2n) is 10.4. The summed E-state index contributed by atoms with van der Waals surface area (Å²) in [6.07, 6.45) is 0.0872. The fraction of sp³-hybridized carbons (Fsp3) is 0.696. The Bertz CT molecular complexity index is 708. The molecule has 2 N–H and O–H groups in total. The summed E-state index contributed by atoms with van der Waals surface area (Å²) in [5, 5.41) is 20.0. The number of carboxylic acid groups (broad SMARTS) is 1. The maximum Gasteiger partial charge on any atom is 0.305 e. The van der Waals surface area contributed by atoms with Gasteiger partial charge in [-0.1, -0.05) is 41.5 Å². The third kappa shape index (κ3) is 6.63. The van der Waals surface area contributed by atoms with Gasteiger partial charge in [-0.2, -0.15) is 0 Å². The molecule has 2 rings (SSSR count). The van der Waals surface area contributed by atoms with Crippen LogP contribution in [0.1, 0.15) is 79.4 Å². The molecule has 5 nitrogen and oxygen atoms in total. The van der Waals surface area contributed by atoms with Gasteiger partial charge in [-0.05, 0) is 36.8 Å². The molecule has 29 heavy (non-hydrogen) atoms. The summed E-state index contributed by atoms with van der Waals surface area (Å²) in [5.41, 5.74) is 1.52. The molecular weight excluding hydrogens is 388 g/mol. The van der Waals surface area contributed by atoms with E-state index in [1.54, 1.807) is 11.8 Å². The number of rotatable bonds is 5. The Kier molecular flexibility index (Phi) is 7.03. The highest BCUT2D eigenvalue weighted by molar-refractivity contribution is 7.99. The fourth-order valence-electron chi connectivity index (χ4n) is 3.67. The molecular formula is C23H36O5S.